The Morgan fingerprint density at radius 1 is 1.05 bits per heavy atom. The molecule has 2 aromatic rings. The lowest BCUT2D eigenvalue weighted by atomic mass is 10.1. The number of para-hydroxylation sites is 1. The molecule has 0 aliphatic carbocycles. The molecule has 2 aromatic carbocycles. The molecule has 0 radical (unpaired) electrons. The Labute approximate surface area is 118 Å². The second-order valence-electron chi connectivity index (χ2n) is 4.39. The highest BCUT2D eigenvalue weighted by Gasteiger charge is 2.08. The van der Waals surface area contributed by atoms with Crippen LogP contribution in [0, 0.1) is 5.82 Å². The second-order valence-corrected chi connectivity index (χ2v) is 4.39. The summed E-state index contributed by atoms with van der Waals surface area (Å²) in [5.41, 5.74) is 7.41. The summed E-state index contributed by atoms with van der Waals surface area (Å²) in [7, 11) is 0. The number of ether oxygens (including phenoxy) is 1. The first-order chi connectivity index (χ1) is 9.81. The predicted molar refractivity (Wildman–Crippen MR) is 80.1 cm³/mol. The molecule has 2 N–H and O–H groups in total. The zero-order chi connectivity index (χ0) is 14.2. The standard InChI is InChI=1S/C17H18FNO/c18-16-10-4-9-15(11-12-19)17(16)20-13-5-8-14-6-2-1-3-7-14/h1-10H,11-13,19H2/b8-5+. The maximum Gasteiger partial charge on any atom is 0.165 e. The number of hydrogen-bond acceptors (Lipinski definition) is 2. The lowest BCUT2D eigenvalue weighted by Crippen LogP contribution is -2.06. The van der Waals surface area contributed by atoms with E-state index in [1.807, 2.05) is 48.6 Å². The fourth-order valence-corrected chi connectivity index (χ4v) is 1.95. The molecular weight excluding hydrogens is 253 g/mol. The predicted octanol–water partition coefficient (Wildman–Crippen LogP) is 3.42. The Kier molecular flexibility index (Phi) is 5.33. The minimum atomic E-state index is -0.343. The van der Waals surface area contributed by atoms with Crippen LogP contribution in [-0.4, -0.2) is 13.2 Å². The Morgan fingerprint density at radius 2 is 1.85 bits per heavy atom. The van der Waals surface area contributed by atoms with Crippen molar-refractivity contribution in [3.63, 3.8) is 0 Å². The van der Waals surface area contributed by atoms with Crippen molar-refractivity contribution in [2.75, 3.05) is 13.2 Å². The van der Waals surface area contributed by atoms with Crippen LogP contribution in [0.2, 0.25) is 0 Å². The average molecular weight is 271 g/mol. The molecule has 0 unspecified atom stereocenters. The summed E-state index contributed by atoms with van der Waals surface area (Å²) in [6, 6.07) is 14.8. The van der Waals surface area contributed by atoms with Crippen LogP contribution in [-0.2, 0) is 6.42 Å². The Bertz CT molecular complexity index is 566. The molecule has 0 atom stereocenters. The van der Waals surface area contributed by atoms with Crippen LogP contribution in [0.3, 0.4) is 0 Å². The lowest BCUT2D eigenvalue weighted by Gasteiger charge is -2.10. The second kappa shape index (κ2) is 7.46. The molecule has 0 saturated carbocycles. The summed E-state index contributed by atoms with van der Waals surface area (Å²) in [5.74, 6) is -0.0419. The molecule has 2 nitrogen and oxygen atoms in total. The number of halogens is 1. The van der Waals surface area contributed by atoms with E-state index in [0.29, 0.717) is 25.3 Å². The zero-order valence-corrected chi connectivity index (χ0v) is 11.3. The van der Waals surface area contributed by atoms with Gasteiger partial charge in [0.25, 0.3) is 0 Å². The number of nitrogens with two attached hydrogens (primary N) is 1. The highest BCUT2D eigenvalue weighted by atomic mass is 19.1. The zero-order valence-electron chi connectivity index (χ0n) is 11.3. The molecule has 2 rings (SSSR count). The summed E-state index contributed by atoms with van der Waals surface area (Å²) in [6.07, 6.45) is 4.42. The van der Waals surface area contributed by atoms with Gasteiger partial charge in [0.2, 0.25) is 0 Å². The van der Waals surface area contributed by atoms with Gasteiger partial charge in [0.15, 0.2) is 11.6 Å². The van der Waals surface area contributed by atoms with E-state index in [-0.39, 0.29) is 5.82 Å². The average Bonchev–Trinajstić information content (AvgIpc) is 2.47. The van der Waals surface area contributed by atoms with E-state index in [4.69, 9.17) is 10.5 Å². The van der Waals surface area contributed by atoms with Crippen LogP contribution in [0.25, 0.3) is 6.08 Å². The quantitative estimate of drug-likeness (QED) is 0.873. The van der Waals surface area contributed by atoms with Gasteiger partial charge in [0.05, 0.1) is 0 Å². The monoisotopic (exact) mass is 271 g/mol. The maximum absolute atomic E-state index is 13.7. The molecule has 0 amide bonds. The summed E-state index contributed by atoms with van der Waals surface area (Å²) in [5, 5.41) is 0. The summed E-state index contributed by atoms with van der Waals surface area (Å²) < 4.78 is 19.3. The molecule has 0 aliphatic rings. The molecule has 104 valence electrons. The first-order valence-corrected chi connectivity index (χ1v) is 6.63. The van der Waals surface area contributed by atoms with Gasteiger partial charge < -0.3 is 10.5 Å². The van der Waals surface area contributed by atoms with Gasteiger partial charge in [-0.15, -0.1) is 0 Å². The van der Waals surface area contributed by atoms with Gasteiger partial charge in [-0.05, 0) is 36.2 Å². The van der Waals surface area contributed by atoms with E-state index in [1.54, 1.807) is 6.07 Å². The third-order valence-electron chi connectivity index (χ3n) is 2.90. The molecule has 20 heavy (non-hydrogen) atoms. The van der Waals surface area contributed by atoms with Gasteiger partial charge in [-0.1, -0.05) is 48.5 Å². The third kappa shape index (κ3) is 3.93. The summed E-state index contributed by atoms with van der Waals surface area (Å²) in [4.78, 5) is 0. The van der Waals surface area contributed by atoms with E-state index < -0.39 is 0 Å². The molecule has 0 fully saturated rings. The van der Waals surface area contributed by atoms with E-state index in [1.165, 1.54) is 6.07 Å². The maximum atomic E-state index is 13.7. The minimum Gasteiger partial charge on any atom is -0.486 e. The molecule has 0 aromatic heterocycles. The fraction of sp³-hybridized carbons (Fsp3) is 0.176. The Morgan fingerprint density at radius 3 is 2.60 bits per heavy atom. The van der Waals surface area contributed by atoms with Gasteiger partial charge in [-0.25, -0.2) is 4.39 Å². The van der Waals surface area contributed by atoms with E-state index in [0.717, 1.165) is 11.1 Å². The van der Waals surface area contributed by atoms with Crippen LogP contribution in [0.1, 0.15) is 11.1 Å². The van der Waals surface area contributed by atoms with Gasteiger partial charge in [0, 0.05) is 0 Å². The summed E-state index contributed by atoms with van der Waals surface area (Å²) >= 11 is 0. The number of benzene rings is 2. The molecule has 3 heteroatoms. The first-order valence-electron chi connectivity index (χ1n) is 6.63. The normalized spacial score (nSPS) is 10.9. The topological polar surface area (TPSA) is 35.2 Å². The molecule has 0 aliphatic heterocycles. The number of hydrogen-bond donors (Lipinski definition) is 1. The van der Waals surface area contributed by atoms with Gasteiger partial charge in [0.1, 0.15) is 6.61 Å². The minimum absolute atomic E-state index is 0.302. The Hall–Kier alpha value is -2.13. The smallest absolute Gasteiger partial charge is 0.165 e. The van der Waals surface area contributed by atoms with Gasteiger partial charge in [-0.2, -0.15) is 0 Å². The molecule has 0 heterocycles. The molecular formula is C17H18FNO. The van der Waals surface area contributed by atoms with Crippen LogP contribution >= 0.6 is 0 Å². The largest absolute Gasteiger partial charge is 0.486 e. The fourth-order valence-electron chi connectivity index (χ4n) is 1.95. The number of rotatable bonds is 6. The molecule has 0 bridgehead atoms. The highest BCUT2D eigenvalue weighted by Crippen LogP contribution is 2.23. The highest BCUT2D eigenvalue weighted by molar-refractivity contribution is 5.48. The van der Waals surface area contributed by atoms with Crippen LogP contribution in [0.15, 0.2) is 54.6 Å². The SMILES string of the molecule is NCCc1cccc(F)c1OC/C=C/c1ccccc1. The van der Waals surface area contributed by atoms with Crippen LogP contribution < -0.4 is 10.5 Å². The van der Waals surface area contributed by atoms with E-state index in [9.17, 15) is 4.39 Å². The van der Waals surface area contributed by atoms with Crippen molar-refractivity contribution in [2.45, 2.75) is 6.42 Å². The van der Waals surface area contributed by atoms with E-state index in [2.05, 4.69) is 0 Å². The van der Waals surface area contributed by atoms with Crippen molar-refractivity contribution >= 4 is 6.08 Å². The first kappa shape index (κ1) is 14.3. The van der Waals surface area contributed by atoms with Gasteiger partial charge >= 0.3 is 0 Å². The van der Waals surface area contributed by atoms with Crippen LogP contribution in [0.5, 0.6) is 5.75 Å². The van der Waals surface area contributed by atoms with E-state index >= 15 is 0 Å². The third-order valence-corrected chi connectivity index (χ3v) is 2.90. The van der Waals surface area contributed by atoms with Crippen molar-refractivity contribution in [1.29, 1.82) is 0 Å². The van der Waals surface area contributed by atoms with Crippen molar-refractivity contribution in [3.05, 3.63) is 71.6 Å². The van der Waals surface area contributed by atoms with Crippen molar-refractivity contribution in [3.8, 4) is 5.75 Å². The molecule has 0 saturated heterocycles. The molecule has 0 spiro atoms. The van der Waals surface area contributed by atoms with Crippen LogP contribution in [0.4, 0.5) is 4.39 Å². The van der Waals surface area contributed by atoms with Crippen molar-refractivity contribution in [1.82, 2.24) is 0 Å². The van der Waals surface area contributed by atoms with Crippen molar-refractivity contribution in [2.24, 2.45) is 5.73 Å². The van der Waals surface area contributed by atoms with Crippen molar-refractivity contribution < 1.29 is 9.13 Å². The lowest BCUT2D eigenvalue weighted by molar-refractivity contribution is 0.338. The summed E-state index contributed by atoms with van der Waals surface area (Å²) in [6.45, 7) is 0.799. The van der Waals surface area contributed by atoms with Gasteiger partial charge in [-0.3, -0.25) is 0 Å². The Balaban J connectivity index is 1.99.